The number of anilines is 1. The molecule has 6 nitrogen and oxygen atoms in total. The predicted octanol–water partition coefficient (Wildman–Crippen LogP) is 2.46. The van der Waals surface area contributed by atoms with E-state index in [0.29, 0.717) is 6.42 Å². The SMILES string of the molecule is C.Cc1cc2c(c3c1NC(=O)C3(C)C)OC1COS(=O)(=O)CCC21. The van der Waals surface area contributed by atoms with E-state index in [2.05, 4.69) is 5.32 Å². The zero-order valence-electron chi connectivity index (χ0n) is 13.3. The summed E-state index contributed by atoms with van der Waals surface area (Å²) in [6, 6.07) is 2.01. The maximum Gasteiger partial charge on any atom is 0.267 e. The quantitative estimate of drug-likeness (QED) is 0.725. The third kappa shape index (κ3) is 2.25. The highest BCUT2D eigenvalue weighted by Gasteiger charge is 2.48. The number of benzene rings is 1. The Bertz CT molecular complexity index is 828. The third-order valence-electron chi connectivity index (χ3n) is 5.14. The molecular weight excluding hydrogens is 330 g/mol. The molecule has 2 atom stereocenters. The molecule has 4 rings (SSSR count). The van der Waals surface area contributed by atoms with Crippen LogP contribution in [0.1, 0.15) is 50.3 Å². The Morgan fingerprint density at radius 3 is 2.75 bits per heavy atom. The molecule has 0 spiro atoms. The minimum Gasteiger partial charge on any atom is -0.487 e. The van der Waals surface area contributed by atoms with Crippen LogP contribution in [0.15, 0.2) is 6.07 Å². The fourth-order valence-electron chi connectivity index (χ4n) is 3.80. The van der Waals surface area contributed by atoms with Crippen molar-refractivity contribution in [3.05, 3.63) is 22.8 Å². The van der Waals surface area contributed by atoms with Gasteiger partial charge >= 0.3 is 0 Å². The molecule has 1 N–H and O–H groups in total. The lowest BCUT2D eigenvalue weighted by molar-refractivity contribution is -0.119. The third-order valence-corrected chi connectivity index (χ3v) is 6.38. The van der Waals surface area contributed by atoms with Gasteiger partial charge in [-0.3, -0.25) is 8.98 Å². The van der Waals surface area contributed by atoms with E-state index in [-0.39, 0.29) is 37.7 Å². The molecule has 24 heavy (non-hydrogen) atoms. The first-order valence-corrected chi connectivity index (χ1v) is 9.31. The Labute approximate surface area is 142 Å². The minimum absolute atomic E-state index is 0. The number of carbonyl (C=O) groups excluding carboxylic acids is 1. The summed E-state index contributed by atoms with van der Waals surface area (Å²) in [6.07, 6.45) is 0.153. The van der Waals surface area contributed by atoms with E-state index >= 15 is 0 Å². The lowest BCUT2D eigenvalue weighted by Gasteiger charge is -2.19. The highest BCUT2D eigenvalue weighted by molar-refractivity contribution is 7.86. The second-order valence-corrected chi connectivity index (χ2v) is 8.80. The van der Waals surface area contributed by atoms with Crippen molar-refractivity contribution < 1.29 is 22.1 Å². The van der Waals surface area contributed by atoms with Gasteiger partial charge in [-0.1, -0.05) is 7.43 Å². The van der Waals surface area contributed by atoms with Gasteiger partial charge in [0.1, 0.15) is 18.5 Å². The van der Waals surface area contributed by atoms with Gasteiger partial charge in [-0.25, -0.2) is 0 Å². The highest BCUT2D eigenvalue weighted by atomic mass is 32.2. The van der Waals surface area contributed by atoms with Crippen molar-refractivity contribution in [3.63, 3.8) is 0 Å². The number of fused-ring (bicyclic) bond motifs is 5. The summed E-state index contributed by atoms with van der Waals surface area (Å²) in [7, 11) is -3.46. The van der Waals surface area contributed by atoms with E-state index in [4.69, 9.17) is 8.92 Å². The van der Waals surface area contributed by atoms with Gasteiger partial charge in [0.2, 0.25) is 5.91 Å². The van der Waals surface area contributed by atoms with Gasteiger partial charge in [0.15, 0.2) is 0 Å². The Hall–Kier alpha value is -1.60. The topological polar surface area (TPSA) is 81.7 Å². The summed E-state index contributed by atoms with van der Waals surface area (Å²) in [6.45, 7) is 5.74. The fourth-order valence-corrected chi connectivity index (χ4v) is 4.80. The molecular formula is C17H23NO5S. The van der Waals surface area contributed by atoms with E-state index in [0.717, 1.165) is 28.1 Å². The van der Waals surface area contributed by atoms with E-state index < -0.39 is 15.5 Å². The molecule has 3 aliphatic heterocycles. The summed E-state index contributed by atoms with van der Waals surface area (Å²) >= 11 is 0. The first-order chi connectivity index (χ1) is 10.7. The maximum atomic E-state index is 12.3. The molecule has 7 heteroatoms. The lowest BCUT2D eigenvalue weighted by Crippen LogP contribution is -2.28. The zero-order chi connectivity index (χ0) is 16.6. The number of aryl methyl sites for hydroxylation is 1. The van der Waals surface area contributed by atoms with E-state index in [9.17, 15) is 13.2 Å². The van der Waals surface area contributed by atoms with Crippen LogP contribution in [0.25, 0.3) is 0 Å². The molecule has 1 aromatic carbocycles. The Morgan fingerprint density at radius 1 is 1.33 bits per heavy atom. The predicted molar refractivity (Wildman–Crippen MR) is 91.1 cm³/mol. The average Bonchev–Trinajstić information content (AvgIpc) is 2.85. The average molecular weight is 353 g/mol. The Morgan fingerprint density at radius 2 is 2.04 bits per heavy atom. The maximum absolute atomic E-state index is 12.3. The Balaban J connectivity index is 0.00000169. The van der Waals surface area contributed by atoms with Crippen LogP contribution in [0.3, 0.4) is 0 Å². The molecule has 132 valence electrons. The van der Waals surface area contributed by atoms with Gasteiger partial charge in [-0.05, 0) is 38.8 Å². The monoisotopic (exact) mass is 353 g/mol. The van der Waals surface area contributed by atoms with Crippen molar-refractivity contribution in [1.29, 1.82) is 0 Å². The van der Waals surface area contributed by atoms with Crippen LogP contribution in [-0.4, -0.2) is 32.8 Å². The second-order valence-electron chi connectivity index (χ2n) is 7.04. The largest absolute Gasteiger partial charge is 0.487 e. The van der Waals surface area contributed by atoms with Gasteiger partial charge in [0.05, 0.1) is 16.9 Å². The minimum atomic E-state index is -3.46. The zero-order valence-corrected chi connectivity index (χ0v) is 14.1. The number of hydrogen-bond donors (Lipinski definition) is 1. The number of ether oxygens (including phenoxy) is 1. The van der Waals surface area contributed by atoms with Crippen molar-refractivity contribution in [3.8, 4) is 5.75 Å². The first kappa shape index (κ1) is 17.2. The molecule has 0 saturated carbocycles. The molecule has 1 amide bonds. The number of nitrogens with one attached hydrogen (secondary N) is 1. The van der Waals surface area contributed by atoms with Crippen LogP contribution >= 0.6 is 0 Å². The molecule has 1 aromatic rings. The molecule has 0 bridgehead atoms. The number of hydrogen-bond acceptors (Lipinski definition) is 5. The molecule has 1 fully saturated rings. The summed E-state index contributed by atoms with van der Waals surface area (Å²) < 4.78 is 34.5. The Kier molecular flexibility index (Phi) is 3.73. The molecule has 3 heterocycles. The molecule has 0 aliphatic carbocycles. The van der Waals surface area contributed by atoms with Crippen LogP contribution in [-0.2, 0) is 24.5 Å². The van der Waals surface area contributed by atoms with Gasteiger partial charge in [-0.15, -0.1) is 0 Å². The standard InChI is InChI=1S/C16H19NO5S.CH4/c1-8-6-10-9-4-5-23(19,20)21-7-11(9)22-14(10)12-13(8)17-15(18)16(12,2)3;/h6,9,11H,4-5,7H2,1-3H3,(H,17,18);1H4. The molecule has 2 unspecified atom stereocenters. The van der Waals surface area contributed by atoms with Crippen LogP contribution in [0, 0.1) is 6.92 Å². The first-order valence-electron chi connectivity index (χ1n) is 7.74. The summed E-state index contributed by atoms with van der Waals surface area (Å²) in [5.41, 5.74) is 3.02. The molecule has 0 aromatic heterocycles. The van der Waals surface area contributed by atoms with Crippen molar-refractivity contribution in [2.45, 2.75) is 52.1 Å². The second kappa shape index (κ2) is 5.20. The molecule has 0 radical (unpaired) electrons. The van der Waals surface area contributed by atoms with E-state index in [1.165, 1.54) is 0 Å². The van der Waals surface area contributed by atoms with Crippen LogP contribution < -0.4 is 10.1 Å². The van der Waals surface area contributed by atoms with Crippen LogP contribution in [0.5, 0.6) is 5.75 Å². The van der Waals surface area contributed by atoms with Crippen molar-refractivity contribution >= 4 is 21.7 Å². The summed E-state index contributed by atoms with van der Waals surface area (Å²) in [4.78, 5) is 12.3. The normalized spacial score (nSPS) is 28.5. The van der Waals surface area contributed by atoms with Gasteiger partial charge in [0, 0.05) is 17.0 Å². The summed E-state index contributed by atoms with van der Waals surface area (Å²) in [5, 5.41) is 2.95. The molecule has 3 aliphatic rings. The van der Waals surface area contributed by atoms with E-state index in [1.807, 2.05) is 26.8 Å². The van der Waals surface area contributed by atoms with Gasteiger partial charge in [0.25, 0.3) is 10.1 Å². The van der Waals surface area contributed by atoms with Crippen LogP contribution in [0.2, 0.25) is 0 Å². The lowest BCUT2D eigenvalue weighted by atomic mass is 9.81. The molecule has 1 saturated heterocycles. The number of carbonyl (C=O) groups is 1. The fraction of sp³-hybridized carbons (Fsp3) is 0.588. The summed E-state index contributed by atoms with van der Waals surface area (Å²) in [5.74, 6) is 0.663. The van der Waals surface area contributed by atoms with Gasteiger partial charge in [-0.2, -0.15) is 8.42 Å². The highest BCUT2D eigenvalue weighted by Crippen LogP contribution is 2.53. The van der Waals surface area contributed by atoms with E-state index in [1.54, 1.807) is 0 Å². The number of rotatable bonds is 0. The van der Waals surface area contributed by atoms with Crippen LogP contribution in [0.4, 0.5) is 5.69 Å². The number of amides is 1. The van der Waals surface area contributed by atoms with Crippen molar-refractivity contribution in [2.24, 2.45) is 0 Å². The smallest absolute Gasteiger partial charge is 0.267 e. The van der Waals surface area contributed by atoms with Crippen molar-refractivity contribution in [2.75, 3.05) is 17.7 Å². The van der Waals surface area contributed by atoms with Gasteiger partial charge < -0.3 is 10.1 Å². The van der Waals surface area contributed by atoms with Crippen molar-refractivity contribution in [1.82, 2.24) is 0 Å².